The largest absolute Gasteiger partial charge is 0.454 e. The molecule has 1 aromatic heterocycles. The zero-order chi connectivity index (χ0) is 15.5. The highest BCUT2D eigenvalue weighted by atomic mass is 16.7. The highest BCUT2D eigenvalue weighted by Crippen LogP contribution is 2.34. The van der Waals surface area contributed by atoms with Gasteiger partial charge in [-0.15, -0.1) is 0 Å². The van der Waals surface area contributed by atoms with E-state index in [0.717, 1.165) is 0 Å². The second-order valence-electron chi connectivity index (χ2n) is 5.12. The second-order valence-corrected chi connectivity index (χ2v) is 5.12. The molecule has 0 radical (unpaired) electrons. The maximum Gasteiger partial charge on any atom is 0.258 e. The van der Waals surface area contributed by atoms with Crippen molar-refractivity contribution in [2.45, 2.75) is 19.9 Å². The van der Waals surface area contributed by atoms with Gasteiger partial charge < -0.3 is 20.1 Å². The van der Waals surface area contributed by atoms with Crippen LogP contribution in [0.15, 0.2) is 30.6 Å². The number of benzene rings is 1. The van der Waals surface area contributed by atoms with Crippen LogP contribution in [0.5, 0.6) is 11.5 Å². The molecular weight excluding hydrogens is 284 g/mol. The third-order valence-electron chi connectivity index (χ3n) is 2.96. The lowest BCUT2D eigenvalue weighted by atomic mass is 10.2. The Morgan fingerprint density at radius 1 is 1.18 bits per heavy atom. The summed E-state index contributed by atoms with van der Waals surface area (Å²) in [5.74, 6) is 1.50. The molecule has 1 aromatic carbocycles. The molecule has 0 saturated heterocycles. The summed E-state index contributed by atoms with van der Waals surface area (Å²) in [6.45, 7) is 4.18. The van der Waals surface area contributed by atoms with Gasteiger partial charge in [0.05, 0.1) is 5.56 Å². The molecule has 0 bridgehead atoms. The number of carbonyl (C=O) groups is 1. The number of aromatic nitrogens is 2. The van der Waals surface area contributed by atoms with Crippen LogP contribution in [0.3, 0.4) is 0 Å². The van der Waals surface area contributed by atoms with Crippen LogP contribution in [0.2, 0.25) is 0 Å². The predicted molar refractivity (Wildman–Crippen MR) is 81.3 cm³/mol. The van der Waals surface area contributed by atoms with E-state index in [1.165, 1.54) is 12.4 Å². The summed E-state index contributed by atoms with van der Waals surface area (Å²) < 4.78 is 10.5. The van der Waals surface area contributed by atoms with Gasteiger partial charge in [0.15, 0.2) is 11.5 Å². The Morgan fingerprint density at radius 3 is 2.64 bits per heavy atom. The summed E-state index contributed by atoms with van der Waals surface area (Å²) in [5, 5.41) is 5.84. The summed E-state index contributed by atoms with van der Waals surface area (Å²) in [5.41, 5.74) is 1.01. The molecule has 22 heavy (non-hydrogen) atoms. The predicted octanol–water partition coefficient (Wildman–Crippen LogP) is 2.28. The van der Waals surface area contributed by atoms with Gasteiger partial charge in [-0.2, -0.15) is 0 Å². The van der Waals surface area contributed by atoms with Crippen LogP contribution in [0, 0.1) is 0 Å². The molecule has 1 aliphatic rings. The van der Waals surface area contributed by atoms with Crippen molar-refractivity contribution in [1.29, 1.82) is 0 Å². The van der Waals surface area contributed by atoms with Crippen molar-refractivity contribution in [3.63, 3.8) is 0 Å². The Kier molecular flexibility index (Phi) is 3.78. The summed E-state index contributed by atoms with van der Waals surface area (Å²) in [6.07, 6.45) is 2.97. The van der Waals surface area contributed by atoms with Gasteiger partial charge in [0, 0.05) is 30.2 Å². The fraction of sp³-hybridized carbons (Fsp3) is 0.267. The second kappa shape index (κ2) is 5.88. The van der Waals surface area contributed by atoms with Crippen molar-refractivity contribution in [3.05, 3.63) is 36.2 Å². The fourth-order valence-corrected chi connectivity index (χ4v) is 1.96. The van der Waals surface area contributed by atoms with E-state index in [-0.39, 0.29) is 18.7 Å². The fourth-order valence-electron chi connectivity index (χ4n) is 1.96. The zero-order valence-corrected chi connectivity index (χ0v) is 12.3. The van der Waals surface area contributed by atoms with Crippen molar-refractivity contribution in [2.24, 2.45) is 0 Å². The molecule has 1 amide bonds. The third-order valence-corrected chi connectivity index (χ3v) is 2.96. The molecule has 0 aliphatic carbocycles. The molecule has 2 aromatic rings. The number of rotatable bonds is 4. The highest BCUT2D eigenvalue weighted by molar-refractivity contribution is 6.04. The quantitative estimate of drug-likeness (QED) is 0.901. The van der Waals surface area contributed by atoms with Crippen LogP contribution < -0.4 is 20.1 Å². The summed E-state index contributed by atoms with van der Waals surface area (Å²) in [4.78, 5) is 20.4. The van der Waals surface area contributed by atoms with E-state index in [4.69, 9.17) is 9.47 Å². The summed E-state index contributed by atoms with van der Waals surface area (Å²) in [6, 6.07) is 5.45. The number of hydrogen-bond donors (Lipinski definition) is 2. The lowest BCUT2D eigenvalue weighted by Crippen LogP contribution is -2.15. The summed E-state index contributed by atoms with van der Waals surface area (Å²) >= 11 is 0. The van der Waals surface area contributed by atoms with Crippen LogP contribution >= 0.6 is 0 Å². The first-order valence-electron chi connectivity index (χ1n) is 6.91. The smallest absolute Gasteiger partial charge is 0.258 e. The van der Waals surface area contributed by atoms with Gasteiger partial charge in [0.1, 0.15) is 0 Å². The minimum Gasteiger partial charge on any atom is -0.454 e. The minimum absolute atomic E-state index is 0.199. The number of anilines is 2. The Balaban J connectivity index is 1.69. The molecule has 2 heterocycles. The molecule has 0 atom stereocenters. The Labute approximate surface area is 127 Å². The number of nitrogens with one attached hydrogen (secondary N) is 2. The molecule has 0 saturated carbocycles. The molecule has 7 nitrogen and oxygen atoms in total. The molecule has 0 fully saturated rings. The first-order valence-corrected chi connectivity index (χ1v) is 6.91. The standard InChI is InChI=1S/C15H16N4O3/c1-9(2)18-15-16-6-10(7-17-15)14(20)19-11-3-4-12-13(5-11)22-8-21-12/h3-7,9H,8H2,1-2H3,(H,19,20)(H,16,17,18). The van der Waals surface area contributed by atoms with Gasteiger partial charge in [-0.1, -0.05) is 0 Å². The van der Waals surface area contributed by atoms with Gasteiger partial charge in [-0.05, 0) is 26.0 Å². The van der Waals surface area contributed by atoms with E-state index in [2.05, 4.69) is 20.6 Å². The zero-order valence-electron chi connectivity index (χ0n) is 12.3. The Morgan fingerprint density at radius 2 is 1.91 bits per heavy atom. The monoisotopic (exact) mass is 300 g/mol. The highest BCUT2D eigenvalue weighted by Gasteiger charge is 2.15. The van der Waals surface area contributed by atoms with Crippen LogP contribution in [-0.2, 0) is 0 Å². The van der Waals surface area contributed by atoms with Gasteiger partial charge in [0.25, 0.3) is 5.91 Å². The maximum atomic E-state index is 12.2. The van der Waals surface area contributed by atoms with Crippen molar-refractivity contribution < 1.29 is 14.3 Å². The molecule has 0 unspecified atom stereocenters. The first-order chi connectivity index (χ1) is 10.6. The SMILES string of the molecule is CC(C)Nc1ncc(C(=O)Nc2ccc3c(c2)OCO3)cn1. The van der Waals surface area contributed by atoms with Crippen molar-refractivity contribution in [1.82, 2.24) is 9.97 Å². The number of fused-ring (bicyclic) bond motifs is 1. The minimum atomic E-state index is -0.282. The van der Waals surface area contributed by atoms with Gasteiger partial charge in [-0.3, -0.25) is 4.79 Å². The molecule has 0 spiro atoms. The van der Waals surface area contributed by atoms with Crippen molar-refractivity contribution in [3.8, 4) is 11.5 Å². The van der Waals surface area contributed by atoms with E-state index in [1.54, 1.807) is 18.2 Å². The number of carbonyl (C=O) groups excluding carboxylic acids is 1. The first kappa shape index (κ1) is 14.1. The number of nitrogens with zero attached hydrogens (tertiary/aromatic N) is 2. The topological polar surface area (TPSA) is 85.4 Å². The molecular formula is C15H16N4O3. The lowest BCUT2D eigenvalue weighted by Gasteiger charge is -2.08. The molecule has 3 rings (SSSR count). The van der Waals surface area contributed by atoms with E-state index < -0.39 is 0 Å². The normalized spacial score (nSPS) is 12.3. The van der Waals surface area contributed by atoms with Crippen LogP contribution in [-0.4, -0.2) is 28.7 Å². The third kappa shape index (κ3) is 3.08. The van der Waals surface area contributed by atoms with Crippen molar-refractivity contribution in [2.75, 3.05) is 17.4 Å². The van der Waals surface area contributed by atoms with Gasteiger partial charge in [0.2, 0.25) is 12.7 Å². The van der Waals surface area contributed by atoms with Crippen LogP contribution in [0.25, 0.3) is 0 Å². The Bertz CT molecular complexity index is 686. The van der Waals surface area contributed by atoms with Crippen LogP contribution in [0.1, 0.15) is 24.2 Å². The Hall–Kier alpha value is -2.83. The van der Waals surface area contributed by atoms with Gasteiger partial charge >= 0.3 is 0 Å². The molecule has 7 heteroatoms. The number of ether oxygens (including phenoxy) is 2. The average Bonchev–Trinajstić information content (AvgIpc) is 2.95. The van der Waals surface area contributed by atoms with Gasteiger partial charge in [-0.25, -0.2) is 9.97 Å². The molecule has 2 N–H and O–H groups in total. The molecule has 114 valence electrons. The van der Waals surface area contributed by atoms with E-state index in [9.17, 15) is 4.79 Å². The summed E-state index contributed by atoms with van der Waals surface area (Å²) in [7, 11) is 0. The maximum absolute atomic E-state index is 12.2. The van der Waals surface area contributed by atoms with Crippen LogP contribution in [0.4, 0.5) is 11.6 Å². The number of amides is 1. The van der Waals surface area contributed by atoms with E-state index in [1.807, 2.05) is 13.8 Å². The number of hydrogen-bond acceptors (Lipinski definition) is 6. The lowest BCUT2D eigenvalue weighted by molar-refractivity contribution is 0.102. The van der Waals surface area contributed by atoms with E-state index >= 15 is 0 Å². The van der Waals surface area contributed by atoms with Crippen molar-refractivity contribution >= 4 is 17.5 Å². The van der Waals surface area contributed by atoms with E-state index in [0.29, 0.717) is 28.7 Å². The molecule has 1 aliphatic heterocycles. The average molecular weight is 300 g/mol.